The molecule has 8 heteroatoms. The van der Waals surface area contributed by atoms with Crippen LogP contribution in [0.4, 0.5) is 11.4 Å². The van der Waals surface area contributed by atoms with Crippen molar-refractivity contribution >= 4 is 33.0 Å². The van der Waals surface area contributed by atoms with E-state index in [0.717, 1.165) is 18.4 Å². The van der Waals surface area contributed by atoms with Gasteiger partial charge in [-0.1, -0.05) is 6.07 Å². The number of hydrogen-bond acceptors (Lipinski definition) is 6. The third kappa shape index (κ3) is 4.38. The first-order valence-corrected chi connectivity index (χ1v) is 9.28. The molecule has 0 aliphatic rings. The summed E-state index contributed by atoms with van der Waals surface area (Å²) in [6, 6.07) is 4.32. The van der Waals surface area contributed by atoms with E-state index in [1.54, 1.807) is 11.8 Å². The fraction of sp³-hybridized carbons (Fsp3) is 0.500. The predicted molar refractivity (Wildman–Crippen MR) is 82.3 cm³/mol. The van der Waals surface area contributed by atoms with Gasteiger partial charge in [0.25, 0.3) is 0 Å². The van der Waals surface area contributed by atoms with Crippen LogP contribution in [-0.2, 0) is 9.84 Å². The van der Waals surface area contributed by atoms with Gasteiger partial charge in [-0.05, 0) is 37.5 Å². The molecule has 0 heterocycles. The first kappa shape index (κ1) is 16.8. The fourth-order valence-corrected chi connectivity index (χ4v) is 3.21. The number of nitrogens with one attached hydrogen (secondary N) is 1. The molecule has 0 fully saturated rings. The number of benzene rings is 1. The summed E-state index contributed by atoms with van der Waals surface area (Å²) < 4.78 is 23.3. The lowest BCUT2D eigenvalue weighted by molar-refractivity contribution is -0.386. The SMILES string of the molecule is CSCCC(C)Nc1cccc(S(C)(=O)=O)c1[N+](=O)[O-]. The normalized spacial score (nSPS) is 12.9. The van der Waals surface area contributed by atoms with Crippen molar-refractivity contribution in [3.8, 4) is 0 Å². The van der Waals surface area contributed by atoms with E-state index in [0.29, 0.717) is 0 Å². The molecule has 1 aromatic rings. The molecule has 0 aliphatic carbocycles. The summed E-state index contributed by atoms with van der Waals surface area (Å²) in [7, 11) is -3.64. The summed E-state index contributed by atoms with van der Waals surface area (Å²) in [6.07, 6.45) is 3.79. The number of rotatable bonds is 7. The van der Waals surface area contributed by atoms with Gasteiger partial charge in [-0.2, -0.15) is 11.8 Å². The van der Waals surface area contributed by atoms with Crippen LogP contribution < -0.4 is 5.32 Å². The highest BCUT2D eigenvalue weighted by Gasteiger charge is 2.26. The van der Waals surface area contributed by atoms with E-state index in [1.807, 2.05) is 13.2 Å². The van der Waals surface area contributed by atoms with Crippen LogP contribution in [0.2, 0.25) is 0 Å². The van der Waals surface area contributed by atoms with Crippen LogP contribution in [0.15, 0.2) is 23.1 Å². The monoisotopic (exact) mass is 318 g/mol. The van der Waals surface area contributed by atoms with Crippen LogP contribution in [0.1, 0.15) is 13.3 Å². The molecule has 0 aliphatic heterocycles. The van der Waals surface area contributed by atoms with E-state index in [2.05, 4.69) is 5.32 Å². The lowest BCUT2D eigenvalue weighted by Gasteiger charge is -2.15. The molecule has 1 N–H and O–H groups in total. The second-order valence-electron chi connectivity index (χ2n) is 4.51. The maximum atomic E-state index is 11.6. The van der Waals surface area contributed by atoms with Gasteiger partial charge in [0.05, 0.1) is 4.92 Å². The lowest BCUT2D eigenvalue weighted by Crippen LogP contribution is -2.17. The van der Waals surface area contributed by atoms with E-state index < -0.39 is 14.8 Å². The average molecular weight is 318 g/mol. The van der Waals surface area contributed by atoms with E-state index >= 15 is 0 Å². The zero-order chi connectivity index (χ0) is 15.3. The molecular weight excluding hydrogens is 300 g/mol. The van der Waals surface area contributed by atoms with Gasteiger partial charge in [0, 0.05) is 12.3 Å². The molecule has 0 amide bonds. The van der Waals surface area contributed by atoms with Crippen LogP contribution in [0.25, 0.3) is 0 Å². The van der Waals surface area contributed by atoms with Crippen molar-refractivity contribution in [2.75, 3.05) is 23.6 Å². The van der Waals surface area contributed by atoms with Crippen LogP contribution in [0.5, 0.6) is 0 Å². The molecule has 1 unspecified atom stereocenters. The van der Waals surface area contributed by atoms with Crippen LogP contribution in [0.3, 0.4) is 0 Å². The number of nitrogens with zero attached hydrogens (tertiary/aromatic N) is 1. The summed E-state index contributed by atoms with van der Waals surface area (Å²) in [4.78, 5) is 10.3. The summed E-state index contributed by atoms with van der Waals surface area (Å²) in [5, 5.41) is 14.2. The number of anilines is 1. The Labute approximate surface area is 123 Å². The van der Waals surface area contributed by atoms with Gasteiger partial charge in [0.2, 0.25) is 0 Å². The van der Waals surface area contributed by atoms with Crippen molar-refractivity contribution in [3.05, 3.63) is 28.3 Å². The number of thioether (sulfide) groups is 1. The Hall–Kier alpha value is -1.28. The van der Waals surface area contributed by atoms with E-state index in [1.165, 1.54) is 18.2 Å². The number of para-hydroxylation sites is 1. The van der Waals surface area contributed by atoms with Gasteiger partial charge >= 0.3 is 5.69 Å². The predicted octanol–water partition coefficient (Wildman–Crippen LogP) is 2.55. The molecule has 0 saturated heterocycles. The maximum absolute atomic E-state index is 11.6. The molecule has 20 heavy (non-hydrogen) atoms. The molecule has 1 atom stereocenters. The Morgan fingerprint density at radius 1 is 1.45 bits per heavy atom. The zero-order valence-corrected chi connectivity index (χ0v) is 13.3. The van der Waals surface area contributed by atoms with Crippen molar-refractivity contribution in [2.24, 2.45) is 0 Å². The van der Waals surface area contributed by atoms with Crippen LogP contribution in [-0.4, -0.2) is 37.6 Å². The van der Waals surface area contributed by atoms with Crippen LogP contribution in [0, 0.1) is 10.1 Å². The van der Waals surface area contributed by atoms with Crippen molar-refractivity contribution in [1.29, 1.82) is 0 Å². The quantitative estimate of drug-likeness (QED) is 0.614. The summed E-state index contributed by atoms with van der Waals surface area (Å²) in [6.45, 7) is 1.91. The highest BCUT2D eigenvalue weighted by molar-refractivity contribution is 7.98. The average Bonchev–Trinajstić information content (AvgIpc) is 2.34. The number of hydrogen-bond donors (Lipinski definition) is 1. The Balaban J connectivity index is 3.17. The Bertz CT molecular complexity index is 587. The minimum atomic E-state index is -3.64. The van der Waals surface area contributed by atoms with Crippen LogP contribution >= 0.6 is 11.8 Å². The van der Waals surface area contributed by atoms with E-state index in [4.69, 9.17) is 0 Å². The molecule has 1 rings (SSSR count). The van der Waals surface area contributed by atoms with Gasteiger partial charge in [-0.15, -0.1) is 0 Å². The fourth-order valence-electron chi connectivity index (χ4n) is 1.76. The zero-order valence-electron chi connectivity index (χ0n) is 11.6. The van der Waals surface area contributed by atoms with E-state index in [9.17, 15) is 18.5 Å². The van der Waals surface area contributed by atoms with Gasteiger partial charge in [-0.25, -0.2) is 8.42 Å². The van der Waals surface area contributed by atoms with Crippen molar-refractivity contribution < 1.29 is 13.3 Å². The Morgan fingerprint density at radius 3 is 2.60 bits per heavy atom. The minimum Gasteiger partial charge on any atom is -0.377 e. The molecule has 0 spiro atoms. The Kier molecular flexibility index (Phi) is 5.82. The van der Waals surface area contributed by atoms with Crippen molar-refractivity contribution in [1.82, 2.24) is 0 Å². The third-order valence-corrected chi connectivity index (χ3v) is 4.51. The highest BCUT2D eigenvalue weighted by atomic mass is 32.2. The van der Waals surface area contributed by atoms with Gasteiger partial charge in [0.1, 0.15) is 10.6 Å². The highest BCUT2D eigenvalue weighted by Crippen LogP contribution is 2.32. The number of nitro benzene ring substituents is 1. The topological polar surface area (TPSA) is 89.3 Å². The largest absolute Gasteiger partial charge is 0.377 e. The lowest BCUT2D eigenvalue weighted by atomic mass is 10.2. The second-order valence-corrected chi connectivity index (χ2v) is 7.48. The standard InChI is InChI=1S/C12H18N2O4S2/c1-9(7-8-19-2)13-10-5-4-6-11(20(3,17)18)12(10)14(15)16/h4-6,9,13H,7-8H2,1-3H3. The van der Waals surface area contributed by atoms with Gasteiger partial charge in [-0.3, -0.25) is 10.1 Å². The molecule has 112 valence electrons. The summed E-state index contributed by atoms with van der Waals surface area (Å²) >= 11 is 1.69. The molecule has 0 aromatic heterocycles. The molecular formula is C12H18N2O4S2. The molecule has 0 saturated carbocycles. The molecule has 6 nitrogen and oxygen atoms in total. The molecule has 0 radical (unpaired) electrons. The first-order chi connectivity index (χ1) is 9.27. The number of nitro groups is 1. The minimum absolute atomic E-state index is 0.0240. The second kappa shape index (κ2) is 6.94. The van der Waals surface area contributed by atoms with Crippen molar-refractivity contribution in [2.45, 2.75) is 24.3 Å². The molecule has 0 bridgehead atoms. The van der Waals surface area contributed by atoms with Gasteiger partial charge < -0.3 is 5.32 Å². The Morgan fingerprint density at radius 2 is 2.10 bits per heavy atom. The maximum Gasteiger partial charge on any atom is 0.310 e. The smallest absolute Gasteiger partial charge is 0.310 e. The molecule has 1 aromatic carbocycles. The number of sulfone groups is 1. The van der Waals surface area contributed by atoms with E-state index in [-0.39, 0.29) is 22.3 Å². The first-order valence-electron chi connectivity index (χ1n) is 6.00. The van der Waals surface area contributed by atoms with Crippen molar-refractivity contribution in [3.63, 3.8) is 0 Å². The summed E-state index contributed by atoms with van der Waals surface area (Å²) in [5.41, 5.74) is -0.141. The third-order valence-electron chi connectivity index (χ3n) is 2.74. The summed E-state index contributed by atoms with van der Waals surface area (Å²) in [5.74, 6) is 0.924. The van der Waals surface area contributed by atoms with Gasteiger partial charge in [0.15, 0.2) is 9.84 Å².